The van der Waals surface area contributed by atoms with Crippen LogP contribution < -0.4 is 15.0 Å². The van der Waals surface area contributed by atoms with Crippen molar-refractivity contribution in [2.24, 2.45) is 0 Å². The molecule has 3 aromatic carbocycles. The van der Waals surface area contributed by atoms with E-state index in [4.69, 9.17) is 4.74 Å². The molecule has 0 fully saturated rings. The van der Waals surface area contributed by atoms with Crippen LogP contribution in [0.25, 0.3) is 5.57 Å². The van der Waals surface area contributed by atoms with Gasteiger partial charge in [-0.05, 0) is 61.9 Å². The molecule has 0 saturated carbocycles. The normalized spacial score (nSPS) is 13.8. The van der Waals surface area contributed by atoms with E-state index in [0.717, 1.165) is 4.90 Å². The summed E-state index contributed by atoms with van der Waals surface area (Å²) in [5.74, 6) is -2.03. The molecule has 0 unspecified atom stereocenters. The zero-order valence-corrected chi connectivity index (χ0v) is 17.4. The van der Waals surface area contributed by atoms with Gasteiger partial charge in [0.2, 0.25) is 0 Å². The quantitative estimate of drug-likeness (QED) is 0.546. The van der Waals surface area contributed by atoms with E-state index in [0.29, 0.717) is 11.3 Å². The molecule has 2 amide bonds. The minimum absolute atomic E-state index is 0.0310. The number of hydrogen-bond acceptors (Lipinski definition) is 4. The summed E-state index contributed by atoms with van der Waals surface area (Å²) < 4.78 is 33.8. The van der Waals surface area contributed by atoms with Gasteiger partial charge < -0.3 is 10.1 Å². The van der Waals surface area contributed by atoms with E-state index < -0.39 is 23.4 Å². The van der Waals surface area contributed by atoms with Crippen LogP contribution in [-0.4, -0.2) is 17.9 Å². The first-order valence-corrected chi connectivity index (χ1v) is 10.0. The number of hydrogen-bond donors (Lipinski definition) is 1. The molecule has 1 aliphatic heterocycles. The standard InChI is InChI=1S/C25H20F2N2O3/c1-15(2)32-19-12-10-16(11-13-19)22-23(28-18-7-5-6-17(26)14-18)25(31)29(24(22)30)21-9-4-3-8-20(21)27/h3-15,28H,1-2H3. The van der Waals surface area contributed by atoms with Crippen molar-refractivity contribution in [2.45, 2.75) is 20.0 Å². The van der Waals surface area contributed by atoms with Gasteiger partial charge in [0.25, 0.3) is 11.8 Å². The Hall–Kier alpha value is -4.00. The number of benzene rings is 3. The fraction of sp³-hybridized carbons (Fsp3) is 0.120. The molecule has 3 aromatic rings. The molecule has 0 bridgehead atoms. The highest BCUT2D eigenvalue weighted by molar-refractivity contribution is 6.46. The summed E-state index contributed by atoms with van der Waals surface area (Å²) in [6.07, 6.45) is -0.0310. The SMILES string of the molecule is CC(C)Oc1ccc(C2=C(Nc3cccc(F)c3)C(=O)N(c3ccccc3F)C2=O)cc1. The molecule has 0 aliphatic carbocycles. The maximum absolute atomic E-state index is 14.4. The lowest BCUT2D eigenvalue weighted by atomic mass is 10.0. The van der Waals surface area contributed by atoms with E-state index in [1.807, 2.05) is 13.8 Å². The average Bonchev–Trinajstić information content (AvgIpc) is 2.98. The van der Waals surface area contributed by atoms with Gasteiger partial charge in [0.15, 0.2) is 0 Å². The third-order valence-corrected chi connectivity index (χ3v) is 4.79. The maximum atomic E-state index is 14.4. The Bertz CT molecular complexity index is 1220. The first-order chi connectivity index (χ1) is 15.3. The Morgan fingerprint density at radius 1 is 0.875 bits per heavy atom. The number of amides is 2. The number of nitrogens with zero attached hydrogens (tertiary/aromatic N) is 1. The highest BCUT2D eigenvalue weighted by atomic mass is 19.1. The summed E-state index contributed by atoms with van der Waals surface area (Å²) in [6, 6.07) is 17.7. The second kappa shape index (κ2) is 8.63. The first kappa shape index (κ1) is 21.2. The summed E-state index contributed by atoms with van der Waals surface area (Å²) in [5, 5.41) is 2.85. The summed E-state index contributed by atoms with van der Waals surface area (Å²) in [4.78, 5) is 27.4. The molecule has 5 nitrogen and oxygen atoms in total. The van der Waals surface area contributed by atoms with Crippen molar-refractivity contribution in [3.05, 3.63) is 95.7 Å². The minimum atomic E-state index is -0.734. The molecular weight excluding hydrogens is 414 g/mol. The molecule has 0 spiro atoms. The van der Waals surface area contributed by atoms with Gasteiger partial charge in [-0.1, -0.05) is 30.3 Å². The summed E-state index contributed by atoms with van der Waals surface area (Å²) in [5.41, 5.74) is 0.557. The average molecular weight is 434 g/mol. The van der Waals surface area contributed by atoms with Crippen LogP contribution in [-0.2, 0) is 9.59 Å². The third kappa shape index (κ3) is 4.09. The molecule has 7 heteroatoms. The van der Waals surface area contributed by atoms with Crippen molar-refractivity contribution in [2.75, 3.05) is 10.2 Å². The van der Waals surface area contributed by atoms with Crippen molar-refractivity contribution in [3.63, 3.8) is 0 Å². The van der Waals surface area contributed by atoms with E-state index in [1.54, 1.807) is 30.3 Å². The van der Waals surface area contributed by atoms with Crippen molar-refractivity contribution in [1.29, 1.82) is 0 Å². The molecule has 0 saturated heterocycles. The van der Waals surface area contributed by atoms with Crippen LogP contribution in [0.15, 0.2) is 78.5 Å². The number of carbonyl (C=O) groups is 2. The fourth-order valence-corrected chi connectivity index (χ4v) is 3.45. The van der Waals surface area contributed by atoms with Crippen LogP contribution in [0.5, 0.6) is 5.75 Å². The minimum Gasteiger partial charge on any atom is -0.491 e. The number of para-hydroxylation sites is 1. The topological polar surface area (TPSA) is 58.6 Å². The number of ether oxygens (including phenoxy) is 1. The van der Waals surface area contributed by atoms with Gasteiger partial charge in [0.1, 0.15) is 23.1 Å². The van der Waals surface area contributed by atoms with Crippen LogP contribution >= 0.6 is 0 Å². The largest absolute Gasteiger partial charge is 0.491 e. The van der Waals surface area contributed by atoms with Crippen LogP contribution in [0.2, 0.25) is 0 Å². The van der Waals surface area contributed by atoms with Gasteiger partial charge in [-0.15, -0.1) is 0 Å². The smallest absolute Gasteiger partial charge is 0.282 e. The number of carbonyl (C=O) groups excluding carboxylic acids is 2. The highest BCUT2D eigenvalue weighted by Crippen LogP contribution is 2.35. The van der Waals surface area contributed by atoms with Gasteiger partial charge in [0, 0.05) is 5.69 Å². The molecule has 1 heterocycles. The van der Waals surface area contributed by atoms with Crippen LogP contribution in [0.4, 0.5) is 20.2 Å². The van der Waals surface area contributed by atoms with Crippen molar-refractivity contribution in [3.8, 4) is 5.75 Å². The molecule has 1 N–H and O–H groups in total. The second-order valence-electron chi connectivity index (χ2n) is 7.47. The Balaban J connectivity index is 1.80. The molecule has 4 rings (SSSR count). The summed E-state index contributed by atoms with van der Waals surface area (Å²) in [7, 11) is 0. The maximum Gasteiger partial charge on any atom is 0.282 e. The number of nitrogens with one attached hydrogen (secondary N) is 1. The fourth-order valence-electron chi connectivity index (χ4n) is 3.45. The predicted octanol–water partition coefficient (Wildman–Crippen LogP) is 5.15. The number of rotatable bonds is 6. The van der Waals surface area contributed by atoms with E-state index in [1.165, 1.54) is 42.5 Å². The molecule has 0 radical (unpaired) electrons. The molecule has 32 heavy (non-hydrogen) atoms. The van der Waals surface area contributed by atoms with Gasteiger partial charge >= 0.3 is 0 Å². The second-order valence-corrected chi connectivity index (χ2v) is 7.47. The van der Waals surface area contributed by atoms with Gasteiger partial charge in [-0.25, -0.2) is 13.7 Å². The van der Waals surface area contributed by atoms with Crippen LogP contribution in [0.3, 0.4) is 0 Å². The monoisotopic (exact) mass is 434 g/mol. The molecular formula is C25H20F2N2O3. The van der Waals surface area contributed by atoms with Crippen LogP contribution in [0.1, 0.15) is 19.4 Å². The van der Waals surface area contributed by atoms with E-state index in [-0.39, 0.29) is 28.7 Å². The molecule has 162 valence electrons. The van der Waals surface area contributed by atoms with E-state index in [9.17, 15) is 18.4 Å². The predicted molar refractivity (Wildman–Crippen MR) is 118 cm³/mol. The summed E-state index contributed by atoms with van der Waals surface area (Å²) in [6.45, 7) is 3.78. The number of imide groups is 1. The van der Waals surface area contributed by atoms with Gasteiger partial charge in [0.05, 0.1) is 17.4 Å². The first-order valence-electron chi connectivity index (χ1n) is 10.0. The lowest BCUT2D eigenvalue weighted by Crippen LogP contribution is -2.33. The molecule has 0 aromatic heterocycles. The molecule has 0 atom stereocenters. The Morgan fingerprint density at radius 3 is 2.25 bits per heavy atom. The van der Waals surface area contributed by atoms with Crippen LogP contribution in [0, 0.1) is 11.6 Å². The van der Waals surface area contributed by atoms with Gasteiger partial charge in [-0.2, -0.15) is 0 Å². The lowest BCUT2D eigenvalue weighted by Gasteiger charge is -2.16. The zero-order valence-electron chi connectivity index (χ0n) is 17.4. The zero-order chi connectivity index (χ0) is 22.8. The van der Waals surface area contributed by atoms with E-state index in [2.05, 4.69) is 5.32 Å². The molecule has 1 aliphatic rings. The summed E-state index contributed by atoms with van der Waals surface area (Å²) >= 11 is 0. The Kier molecular flexibility index (Phi) is 5.73. The van der Waals surface area contributed by atoms with Crippen molar-refractivity contribution < 1.29 is 23.1 Å². The third-order valence-electron chi connectivity index (χ3n) is 4.79. The lowest BCUT2D eigenvalue weighted by molar-refractivity contribution is -0.120. The number of halogens is 2. The van der Waals surface area contributed by atoms with Crippen molar-refractivity contribution in [1.82, 2.24) is 0 Å². The van der Waals surface area contributed by atoms with E-state index >= 15 is 0 Å². The van der Waals surface area contributed by atoms with Gasteiger partial charge in [-0.3, -0.25) is 9.59 Å². The van der Waals surface area contributed by atoms with Crippen molar-refractivity contribution >= 4 is 28.8 Å². The highest BCUT2D eigenvalue weighted by Gasteiger charge is 2.41. The Morgan fingerprint density at radius 2 is 1.59 bits per heavy atom. The Labute approximate surface area is 183 Å². The number of anilines is 2.